The molecule has 0 fully saturated rings. The fourth-order valence-corrected chi connectivity index (χ4v) is 2.64. The van der Waals surface area contributed by atoms with Crippen LogP contribution in [-0.4, -0.2) is 36.8 Å². The van der Waals surface area contributed by atoms with Crippen LogP contribution in [0.15, 0.2) is 60.8 Å². The van der Waals surface area contributed by atoms with Crippen LogP contribution >= 0.6 is 0 Å². The van der Waals surface area contributed by atoms with Gasteiger partial charge in [0.15, 0.2) is 0 Å². The minimum Gasteiger partial charge on any atom is -0.399 e. The number of ether oxygens (including phenoxy) is 1. The van der Waals surface area contributed by atoms with E-state index >= 15 is 0 Å². The van der Waals surface area contributed by atoms with Gasteiger partial charge in [-0.05, 0) is 49.4 Å². The van der Waals surface area contributed by atoms with Crippen LogP contribution in [0.25, 0.3) is 11.3 Å². The first-order chi connectivity index (χ1) is 13.2. The van der Waals surface area contributed by atoms with Gasteiger partial charge in [0.25, 0.3) is 0 Å². The first kappa shape index (κ1) is 18.7. The number of aromatic nitrogens is 2. The number of rotatable bonds is 8. The summed E-state index contributed by atoms with van der Waals surface area (Å²) in [6.45, 7) is 4.32. The molecule has 27 heavy (non-hydrogen) atoms. The van der Waals surface area contributed by atoms with Crippen molar-refractivity contribution in [3.63, 3.8) is 0 Å². The molecule has 0 saturated carbocycles. The second-order valence-electron chi connectivity index (χ2n) is 6.18. The molecule has 140 valence electrons. The molecule has 6 nitrogen and oxygen atoms in total. The topological polar surface area (TPSA) is 76.3 Å². The van der Waals surface area contributed by atoms with E-state index in [4.69, 9.17) is 10.5 Å². The van der Waals surface area contributed by atoms with Gasteiger partial charge in [-0.25, -0.2) is 9.97 Å². The molecule has 3 N–H and O–H groups in total. The van der Waals surface area contributed by atoms with Crippen LogP contribution in [0.1, 0.15) is 6.92 Å². The number of likely N-dealkylation sites (N-methyl/N-ethyl adjacent to an activating group) is 1. The predicted molar refractivity (Wildman–Crippen MR) is 111 cm³/mol. The van der Waals surface area contributed by atoms with Crippen molar-refractivity contribution in [1.82, 2.24) is 9.97 Å². The van der Waals surface area contributed by atoms with E-state index in [-0.39, 0.29) is 0 Å². The molecule has 2 aromatic carbocycles. The molecule has 1 heterocycles. The third kappa shape index (κ3) is 5.18. The Balaban J connectivity index is 1.67. The standard InChI is InChI=1S/C21H25N5O/c1-3-27-15-14-26(2)19-10-8-18(9-11-19)24-21-23-13-12-20(25-21)16-4-6-17(22)7-5-16/h4-13H,3,14-15,22H2,1-2H3,(H,23,24,25). The second-order valence-corrected chi connectivity index (χ2v) is 6.18. The molecule has 0 saturated heterocycles. The number of nitrogen functional groups attached to an aromatic ring is 1. The van der Waals surface area contributed by atoms with Gasteiger partial charge in [-0.2, -0.15) is 0 Å². The third-order valence-electron chi connectivity index (χ3n) is 4.20. The van der Waals surface area contributed by atoms with Crippen molar-refractivity contribution >= 4 is 23.0 Å². The molecule has 0 aliphatic heterocycles. The molecule has 0 radical (unpaired) electrons. The van der Waals surface area contributed by atoms with Gasteiger partial charge >= 0.3 is 0 Å². The first-order valence-electron chi connectivity index (χ1n) is 9.00. The van der Waals surface area contributed by atoms with Gasteiger partial charge in [-0.15, -0.1) is 0 Å². The van der Waals surface area contributed by atoms with Gasteiger partial charge in [-0.3, -0.25) is 0 Å². The maximum atomic E-state index is 5.75. The SMILES string of the molecule is CCOCCN(C)c1ccc(Nc2nccc(-c3ccc(N)cc3)n2)cc1. The summed E-state index contributed by atoms with van der Waals surface area (Å²) >= 11 is 0. The third-order valence-corrected chi connectivity index (χ3v) is 4.20. The molecule has 0 bridgehead atoms. The zero-order chi connectivity index (χ0) is 19.1. The summed E-state index contributed by atoms with van der Waals surface area (Å²) in [7, 11) is 2.06. The number of nitrogens with two attached hydrogens (primary N) is 1. The van der Waals surface area contributed by atoms with E-state index < -0.39 is 0 Å². The Morgan fingerprint density at radius 3 is 2.48 bits per heavy atom. The average molecular weight is 363 g/mol. The molecule has 0 aliphatic rings. The number of hydrogen-bond acceptors (Lipinski definition) is 6. The van der Waals surface area contributed by atoms with E-state index in [1.54, 1.807) is 6.20 Å². The lowest BCUT2D eigenvalue weighted by Gasteiger charge is -2.19. The van der Waals surface area contributed by atoms with E-state index in [1.165, 1.54) is 0 Å². The molecule has 0 unspecified atom stereocenters. The number of nitrogens with one attached hydrogen (secondary N) is 1. The zero-order valence-corrected chi connectivity index (χ0v) is 15.7. The lowest BCUT2D eigenvalue weighted by Crippen LogP contribution is -2.22. The van der Waals surface area contributed by atoms with E-state index in [1.807, 2.05) is 49.4 Å². The number of benzene rings is 2. The van der Waals surface area contributed by atoms with Gasteiger partial charge in [0.2, 0.25) is 5.95 Å². The molecule has 0 spiro atoms. The molecule has 6 heteroatoms. The molecule has 0 amide bonds. The highest BCUT2D eigenvalue weighted by Gasteiger charge is 2.04. The molecule has 3 aromatic rings. The summed E-state index contributed by atoms with van der Waals surface area (Å²) in [5.74, 6) is 0.557. The van der Waals surface area contributed by atoms with Crippen molar-refractivity contribution in [1.29, 1.82) is 0 Å². The van der Waals surface area contributed by atoms with Crippen LogP contribution in [0.2, 0.25) is 0 Å². The Morgan fingerprint density at radius 2 is 1.78 bits per heavy atom. The van der Waals surface area contributed by atoms with Crippen molar-refractivity contribution in [3.8, 4) is 11.3 Å². The smallest absolute Gasteiger partial charge is 0.227 e. The zero-order valence-electron chi connectivity index (χ0n) is 15.7. The van der Waals surface area contributed by atoms with Gasteiger partial charge in [0.1, 0.15) is 0 Å². The summed E-state index contributed by atoms with van der Waals surface area (Å²) in [6.07, 6.45) is 1.75. The minimum atomic E-state index is 0.557. The Morgan fingerprint density at radius 1 is 1.04 bits per heavy atom. The largest absolute Gasteiger partial charge is 0.399 e. The number of anilines is 4. The normalized spacial score (nSPS) is 10.6. The highest BCUT2D eigenvalue weighted by molar-refractivity contribution is 5.64. The van der Waals surface area contributed by atoms with Gasteiger partial charge < -0.3 is 20.7 Å². The lowest BCUT2D eigenvalue weighted by atomic mass is 10.1. The summed E-state index contributed by atoms with van der Waals surface area (Å²) in [6, 6.07) is 17.7. The highest BCUT2D eigenvalue weighted by atomic mass is 16.5. The second kappa shape index (κ2) is 9.00. The van der Waals surface area contributed by atoms with Crippen LogP contribution < -0.4 is 16.0 Å². The van der Waals surface area contributed by atoms with Crippen molar-refractivity contribution in [2.24, 2.45) is 0 Å². The monoisotopic (exact) mass is 363 g/mol. The van der Waals surface area contributed by atoms with E-state index in [0.717, 1.165) is 48.1 Å². The van der Waals surface area contributed by atoms with Crippen molar-refractivity contribution in [2.45, 2.75) is 6.92 Å². The van der Waals surface area contributed by atoms with Crippen LogP contribution in [0.3, 0.4) is 0 Å². The summed E-state index contributed by atoms with van der Waals surface area (Å²) in [4.78, 5) is 11.1. The van der Waals surface area contributed by atoms with Crippen LogP contribution in [0.5, 0.6) is 0 Å². The first-order valence-corrected chi connectivity index (χ1v) is 9.00. The van der Waals surface area contributed by atoms with Gasteiger partial charge in [0, 0.05) is 49.0 Å². The Labute approximate surface area is 160 Å². The van der Waals surface area contributed by atoms with E-state index in [9.17, 15) is 0 Å². The maximum Gasteiger partial charge on any atom is 0.227 e. The fourth-order valence-electron chi connectivity index (χ4n) is 2.64. The van der Waals surface area contributed by atoms with Crippen LogP contribution in [0.4, 0.5) is 23.0 Å². The Kier molecular flexibility index (Phi) is 6.22. The van der Waals surface area contributed by atoms with Gasteiger partial charge in [-0.1, -0.05) is 12.1 Å². The molecular weight excluding hydrogens is 338 g/mol. The predicted octanol–water partition coefficient (Wildman–Crippen LogP) is 3.94. The average Bonchev–Trinajstić information content (AvgIpc) is 2.69. The molecular formula is C21H25N5O. The lowest BCUT2D eigenvalue weighted by molar-refractivity contribution is 0.154. The minimum absolute atomic E-state index is 0.557. The number of nitrogens with zero attached hydrogens (tertiary/aromatic N) is 3. The van der Waals surface area contributed by atoms with Crippen LogP contribution in [0, 0.1) is 0 Å². The maximum absolute atomic E-state index is 5.75. The van der Waals surface area contributed by atoms with Crippen LogP contribution in [-0.2, 0) is 4.74 Å². The molecule has 1 aromatic heterocycles. The molecule has 0 aliphatic carbocycles. The quantitative estimate of drug-likeness (QED) is 0.466. The fraction of sp³-hybridized carbons (Fsp3) is 0.238. The molecule has 3 rings (SSSR count). The summed E-state index contributed by atoms with van der Waals surface area (Å²) < 4.78 is 5.41. The van der Waals surface area contributed by atoms with E-state index in [2.05, 4.69) is 39.4 Å². The van der Waals surface area contributed by atoms with Crippen molar-refractivity contribution in [3.05, 3.63) is 60.8 Å². The van der Waals surface area contributed by atoms with Gasteiger partial charge in [0.05, 0.1) is 12.3 Å². The Bertz CT molecular complexity index is 849. The number of hydrogen-bond donors (Lipinski definition) is 2. The molecule has 0 atom stereocenters. The highest BCUT2D eigenvalue weighted by Crippen LogP contribution is 2.22. The summed E-state index contributed by atoms with van der Waals surface area (Å²) in [5, 5.41) is 3.25. The van der Waals surface area contributed by atoms with E-state index in [0.29, 0.717) is 5.95 Å². The van der Waals surface area contributed by atoms with Crippen molar-refractivity contribution in [2.75, 3.05) is 42.8 Å². The summed E-state index contributed by atoms with van der Waals surface area (Å²) in [5.41, 5.74) is 10.4. The van der Waals surface area contributed by atoms with Crippen molar-refractivity contribution < 1.29 is 4.74 Å². The Hall–Kier alpha value is -3.12.